The lowest BCUT2D eigenvalue weighted by Crippen LogP contribution is -2.28. The van der Waals surface area contributed by atoms with Crippen molar-refractivity contribution in [1.29, 1.82) is 0 Å². The summed E-state index contributed by atoms with van der Waals surface area (Å²) in [5, 5.41) is 9.52. The van der Waals surface area contributed by atoms with Crippen molar-refractivity contribution in [3.8, 4) is 0 Å². The Balaban J connectivity index is 2.41. The Labute approximate surface area is 77.7 Å². The van der Waals surface area contributed by atoms with Gasteiger partial charge < -0.3 is 15.4 Å². The first-order valence-electron chi connectivity index (χ1n) is 4.38. The number of nitrogens with two attached hydrogens (primary N) is 1. The van der Waals surface area contributed by atoms with Gasteiger partial charge in [-0.2, -0.15) is 0 Å². The Kier molecular flexibility index (Phi) is 2.11. The molecule has 1 aliphatic rings. The maximum atomic E-state index is 9.52. The lowest BCUT2D eigenvalue weighted by atomic mass is 9.79. The number of rotatable bonds is 1. The van der Waals surface area contributed by atoms with E-state index in [1.807, 2.05) is 31.2 Å². The monoisotopic (exact) mass is 177 g/mol. The van der Waals surface area contributed by atoms with Gasteiger partial charge in [-0.1, -0.05) is 24.3 Å². The van der Waals surface area contributed by atoms with Crippen LogP contribution < -0.4 is 11.2 Å². The Morgan fingerprint density at radius 3 is 2.92 bits per heavy atom. The third-order valence-corrected chi connectivity index (χ3v) is 2.32. The summed E-state index contributed by atoms with van der Waals surface area (Å²) < 4.78 is 5.32. The molecule has 3 nitrogen and oxygen atoms in total. The minimum atomic E-state index is -0.813. The van der Waals surface area contributed by atoms with E-state index in [0.29, 0.717) is 0 Å². The highest BCUT2D eigenvalue weighted by Gasteiger charge is 2.36. The van der Waals surface area contributed by atoms with Crippen molar-refractivity contribution in [3.05, 3.63) is 29.8 Å². The van der Waals surface area contributed by atoms with Crippen LogP contribution in [0.15, 0.2) is 24.3 Å². The first-order chi connectivity index (χ1) is 6.20. The maximum Gasteiger partial charge on any atom is 0.492 e. The summed E-state index contributed by atoms with van der Waals surface area (Å²) in [6.07, 6.45) is -0.175. The van der Waals surface area contributed by atoms with Crippen molar-refractivity contribution >= 4 is 12.6 Å². The fourth-order valence-corrected chi connectivity index (χ4v) is 1.69. The molecule has 1 aromatic carbocycles. The smallest absolute Gasteiger partial charge is 0.423 e. The molecule has 1 aliphatic heterocycles. The normalized spacial score (nSPS) is 23.0. The Bertz CT molecular complexity index is 316. The quantitative estimate of drug-likeness (QED) is 0.583. The average molecular weight is 177 g/mol. The second-order valence-electron chi connectivity index (χ2n) is 3.40. The van der Waals surface area contributed by atoms with E-state index in [0.717, 1.165) is 11.0 Å². The van der Waals surface area contributed by atoms with Gasteiger partial charge in [-0.05, 0) is 17.9 Å². The minimum absolute atomic E-state index is 0.0988. The molecule has 0 aliphatic carbocycles. The van der Waals surface area contributed by atoms with E-state index in [9.17, 15) is 5.02 Å². The van der Waals surface area contributed by atoms with Crippen LogP contribution in [-0.2, 0) is 4.65 Å². The van der Waals surface area contributed by atoms with Crippen molar-refractivity contribution in [1.82, 2.24) is 0 Å². The lowest BCUT2D eigenvalue weighted by Gasteiger charge is -2.15. The molecule has 0 saturated heterocycles. The van der Waals surface area contributed by atoms with E-state index < -0.39 is 7.12 Å². The largest absolute Gasteiger partial charge is 0.492 e. The van der Waals surface area contributed by atoms with Gasteiger partial charge in [0.05, 0.1) is 6.10 Å². The van der Waals surface area contributed by atoms with Crippen LogP contribution in [0.2, 0.25) is 0 Å². The van der Waals surface area contributed by atoms with Gasteiger partial charge in [0, 0.05) is 6.04 Å². The van der Waals surface area contributed by atoms with Crippen LogP contribution in [-0.4, -0.2) is 18.2 Å². The molecule has 1 aromatic rings. The van der Waals surface area contributed by atoms with Gasteiger partial charge >= 0.3 is 7.12 Å². The third-order valence-electron chi connectivity index (χ3n) is 2.32. The summed E-state index contributed by atoms with van der Waals surface area (Å²) in [5.74, 6) is 0. The molecular weight excluding hydrogens is 165 g/mol. The first kappa shape index (κ1) is 8.75. The summed E-state index contributed by atoms with van der Waals surface area (Å²) in [7, 11) is -0.813. The van der Waals surface area contributed by atoms with E-state index >= 15 is 0 Å². The van der Waals surface area contributed by atoms with Gasteiger partial charge in [0.1, 0.15) is 0 Å². The molecule has 0 bridgehead atoms. The molecule has 4 heteroatoms. The summed E-state index contributed by atoms with van der Waals surface area (Å²) in [6.45, 7) is 1.87. The molecule has 2 unspecified atom stereocenters. The van der Waals surface area contributed by atoms with Gasteiger partial charge in [-0.25, -0.2) is 0 Å². The maximum absolute atomic E-state index is 9.52. The average Bonchev–Trinajstić information content (AvgIpc) is 2.45. The molecule has 2 atom stereocenters. The zero-order valence-electron chi connectivity index (χ0n) is 7.47. The predicted molar refractivity (Wildman–Crippen MR) is 51.5 cm³/mol. The Hall–Kier alpha value is -0.835. The van der Waals surface area contributed by atoms with Crippen LogP contribution in [0.1, 0.15) is 18.6 Å². The molecule has 68 valence electrons. The van der Waals surface area contributed by atoms with Gasteiger partial charge in [-0.3, -0.25) is 0 Å². The first-order valence-corrected chi connectivity index (χ1v) is 4.38. The van der Waals surface area contributed by atoms with E-state index in [2.05, 4.69) is 0 Å². The van der Waals surface area contributed by atoms with Crippen LogP contribution in [0.4, 0.5) is 0 Å². The van der Waals surface area contributed by atoms with Crippen LogP contribution in [0.25, 0.3) is 0 Å². The summed E-state index contributed by atoms with van der Waals surface area (Å²) in [4.78, 5) is 0. The SMILES string of the molecule is CC(N)C1OB(O)c2ccccc21. The van der Waals surface area contributed by atoms with E-state index in [4.69, 9.17) is 10.4 Å². The minimum Gasteiger partial charge on any atom is -0.423 e. The number of benzene rings is 1. The van der Waals surface area contributed by atoms with Gasteiger partial charge in [0.15, 0.2) is 0 Å². The van der Waals surface area contributed by atoms with Crippen molar-refractivity contribution in [2.45, 2.75) is 19.1 Å². The summed E-state index contributed by atoms with van der Waals surface area (Å²) >= 11 is 0. The fraction of sp³-hybridized carbons (Fsp3) is 0.333. The molecule has 0 saturated carbocycles. The molecule has 0 aromatic heterocycles. The van der Waals surface area contributed by atoms with Crippen molar-refractivity contribution in [2.75, 3.05) is 0 Å². The molecule has 13 heavy (non-hydrogen) atoms. The zero-order valence-corrected chi connectivity index (χ0v) is 7.47. The summed E-state index contributed by atoms with van der Waals surface area (Å²) in [5.41, 5.74) is 7.58. The van der Waals surface area contributed by atoms with Crippen molar-refractivity contribution < 1.29 is 9.68 Å². The molecule has 2 rings (SSSR count). The highest BCUT2D eigenvalue weighted by atomic mass is 16.5. The molecule has 1 heterocycles. The number of hydrogen-bond donors (Lipinski definition) is 2. The molecular formula is C9H12BNO2. The topological polar surface area (TPSA) is 55.5 Å². The second kappa shape index (κ2) is 3.14. The second-order valence-corrected chi connectivity index (χ2v) is 3.40. The van der Waals surface area contributed by atoms with Crippen LogP contribution in [0.3, 0.4) is 0 Å². The molecule has 0 amide bonds. The number of hydrogen-bond acceptors (Lipinski definition) is 3. The highest BCUT2D eigenvalue weighted by molar-refractivity contribution is 6.61. The standard InChI is InChI=1S/C9H12BNO2/c1-6(11)9-7-4-2-3-5-8(7)10(12)13-9/h2-6,9,12H,11H2,1H3. The van der Waals surface area contributed by atoms with E-state index in [1.165, 1.54) is 0 Å². The van der Waals surface area contributed by atoms with E-state index in [-0.39, 0.29) is 12.1 Å². The lowest BCUT2D eigenvalue weighted by molar-refractivity contribution is 0.168. The Morgan fingerprint density at radius 2 is 2.23 bits per heavy atom. The number of fused-ring (bicyclic) bond motifs is 1. The highest BCUT2D eigenvalue weighted by Crippen LogP contribution is 2.24. The summed E-state index contributed by atoms with van der Waals surface area (Å²) in [6, 6.07) is 7.52. The van der Waals surface area contributed by atoms with Crippen LogP contribution in [0.5, 0.6) is 0 Å². The third kappa shape index (κ3) is 1.37. The van der Waals surface area contributed by atoms with Gasteiger partial charge in [0.25, 0.3) is 0 Å². The van der Waals surface area contributed by atoms with Crippen LogP contribution in [0, 0.1) is 0 Å². The zero-order chi connectivity index (χ0) is 9.42. The van der Waals surface area contributed by atoms with Crippen molar-refractivity contribution in [3.63, 3.8) is 0 Å². The Morgan fingerprint density at radius 1 is 1.54 bits per heavy atom. The van der Waals surface area contributed by atoms with Gasteiger partial charge in [0.2, 0.25) is 0 Å². The predicted octanol–water partition coefficient (Wildman–Crippen LogP) is -0.207. The fourth-order valence-electron chi connectivity index (χ4n) is 1.69. The van der Waals surface area contributed by atoms with Crippen LogP contribution >= 0.6 is 0 Å². The molecule has 0 radical (unpaired) electrons. The van der Waals surface area contributed by atoms with Crippen molar-refractivity contribution in [2.24, 2.45) is 5.73 Å². The molecule has 3 N–H and O–H groups in total. The molecule has 0 spiro atoms. The molecule has 0 fully saturated rings. The van der Waals surface area contributed by atoms with Gasteiger partial charge in [-0.15, -0.1) is 0 Å². The van der Waals surface area contributed by atoms with E-state index in [1.54, 1.807) is 0 Å².